The van der Waals surface area contributed by atoms with Crippen molar-refractivity contribution in [3.8, 4) is 22.9 Å². The standard InChI is InChI=1S/C33H27F3N2O4/c1-3-20-9-15-29(31-26-7-5-6-8-27(26)37-32(20)31)38-22(19-30(39)40-4-2)17-21-18-25(14-16-28(21)38)41-23-10-12-24(13-11-23)42-33(34,35)36/h5-18,37H,3-4,19H2,1-2H3. The number of rotatable bonds is 8. The van der Waals surface area contributed by atoms with Gasteiger partial charge in [0.2, 0.25) is 0 Å². The predicted molar refractivity (Wildman–Crippen MR) is 156 cm³/mol. The summed E-state index contributed by atoms with van der Waals surface area (Å²) in [5, 5.41) is 2.98. The van der Waals surface area contributed by atoms with Gasteiger partial charge in [-0.3, -0.25) is 4.79 Å². The van der Waals surface area contributed by atoms with Crippen molar-refractivity contribution in [1.82, 2.24) is 9.55 Å². The van der Waals surface area contributed by atoms with Gasteiger partial charge in [-0.05, 0) is 79.6 Å². The normalized spacial score (nSPS) is 11.8. The number of alkyl halides is 3. The fraction of sp³-hybridized carbons (Fsp3) is 0.182. The quantitative estimate of drug-likeness (QED) is 0.186. The van der Waals surface area contributed by atoms with Gasteiger partial charge in [0.15, 0.2) is 0 Å². The molecule has 0 saturated carbocycles. The first kappa shape index (κ1) is 27.3. The van der Waals surface area contributed by atoms with Crippen LogP contribution < -0.4 is 9.47 Å². The maximum Gasteiger partial charge on any atom is 0.573 e. The van der Waals surface area contributed by atoms with Crippen LogP contribution in [0, 0.1) is 0 Å². The van der Waals surface area contributed by atoms with Crippen molar-refractivity contribution < 1.29 is 32.2 Å². The van der Waals surface area contributed by atoms with Gasteiger partial charge in [-0.2, -0.15) is 0 Å². The minimum atomic E-state index is -4.77. The zero-order valence-electron chi connectivity index (χ0n) is 22.9. The van der Waals surface area contributed by atoms with Gasteiger partial charge in [-0.1, -0.05) is 31.2 Å². The maximum atomic E-state index is 12.7. The lowest BCUT2D eigenvalue weighted by Crippen LogP contribution is -2.16. The van der Waals surface area contributed by atoms with Crippen molar-refractivity contribution in [2.24, 2.45) is 0 Å². The number of halogens is 3. The van der Waals surface area contributed by atoms with Gasteiger partial charge >= 0.3 is 12.3 Å². The lowest BCUT2D eigenvalue weighted by Gasteiger charge is -2.14. The molecule has 2 aromatic heterocycles. The molecular formula is C33H27F3N2O4. The van der Waals surface area contributed by atoms with Crippen LogP contribution in [-0.2, 0) is 22.4 Å². The molecule has 6 rings (SSSR count). The molecule has 0 spiro atoms. The molecule has 0 fully saturated rings. The fourth-order valence-corrected chi connectivity index (χ4v) is 5.41. The van der Waals surface area contributed by atoms with Crippen LogP contribution in [0.2, 0.25) is 0 Å². The van der Waals surface area contributed by atoms with Crippen LogP contribution in [0.3, 0.4) is 0 Å². The number of fused-ring (bicyclic) bond motifs is 4. The van der Waals surface area contributed by atoms with Crippen LogP contribution in [0.15, 0.2) is 84.9 Å². The van der Waals surface area contributed by atoms with E-state index in [1.807, 2.05) is 30.3 Å². The number of aryl methyl sites for hydroxylation is 1. The second-order valence-electron chi connectivity index (χ2n) is 9.81. The summed E-state index contributed by atoms with van der Waals surface area (Å²) in [4.78, 5) is 16.3. The molecule has 0 aliphatic carbocycles. The molecule has 9 heteroatoms. The Kier molecular flexibility index (Phi) is 7.02. The van der Waals surface area contributed by atoms with Gasteiger partial charge in [0.05, 0.1) is 29.7 Å². The number of nitrogens with zero attached hydrogens (tertiary/aromatic N) is 1. The van der Waals surface area contributed by atoms with E-state index in [0.29, 0.717) is 11.5 Å². The highest BCUT2D eigenvalue weighted by molar-refractivity contribution is 6.13. The number of esters is 1. The Morgan fingerprint density at radius 1 is 0.881 bits per heavy atom. The molecule has 0 atom stereocenters. The number of hydrogen-bond acceptors (Lipinski definition) is 4. The van der Waals surface area contributed by atoms with Gasteiger partial charge in [-0.25, -0.2) is 0 Å². The van der Waals surface area contributed by atoms with E-state index in [9.17, 15) is 18.0 Å². The topological polar surface area (TPSA) is 65.5 Å². The average Bonchev–Trinajstić information content (AvgIpc) is 3.51. The summed E-state index contributed by atoms with van der Waals surface area (Å²) in [6, 6.07) is 25.0. The highest BCUT2D eigenvalue weighted by Crippen LogP contribution is 2.37. The monoisotopic (exact) mass is 572 g/mol. The van der Waals surface area contributed by atoms with E-state index in [1.165, 1.54) is 29.8 Å². The van der Waals surface area contributed by atoms with Crippen molar-refractivity contribution in [3.05, 3.63) is 96.2 Å². The molecule has 0 amide bonds. The van der Waals surface area contributed by atoms with Crippen LogP contribution in [0.4, 0.5) is 13.2 Å². The van der Waals surface area contributed by atoms with Crippen LogP contribution in [-0.4, -0.2) is 28.5 Å². The van der Waals surface area contributed by atoms with Crippen LogP contribution in [0.1, 0.15) is 25.1 Å². The number of H-pyrrole nitrogens is 1. The number of para-hydroxylation sites is 1. The minimum Gasteiger partial charge on any atom is -0.466 e. The van der Waals surface area contributed by atoms with E-state index in [2.05, 4.69) is 45.5 Å². The first-order valence-corrected chi connectivity index (χ1v) is 13.6. The summed E-state index contributed by atoms with van der Waals surface area (Å²) in [6.45, 7) is 4.18. The lowest BCUT2D eigenvalue weighted by molar-refractivity contribution is -0.274. The fourth-order valence-electron chi connectivity index (χ4n) is 5.41. The Balaban J connectivity index is 1.46. The Labute approximate surface area is 239 Å². The van der Waals surface area contributed by atoms with Crippen molar-refractivity contribution in [2.45, 2.75) is 33.1 Å². The predicted octanol–water partition coefficient (Wildman–Crippen LogP) is 8.62. The van der Waals surface area contributed by atoms with E-state index in [0.717, 1.165) is 50.5 Å². The first-order chi connectivity index (χ1) is 20.2. The minimum absolute atomic E-state index is 0.0682. The second-order valence-corrected chi connectivity index (χ2v) is 9.81. The number of ether oxygens (including phenoxy) is 3. The Morgan fingerprint density at radius 2 is 1.62 bits per heavy atom. The average molecular weight is 573 g/mol. The van der Waals surface area contributed by atoms with Gasteiger partial charge in [-0.15, -0.1) is 13.2 Å². The number of benzene rings is 4. The Morgan fingerprint density at radius 3 is 2.36 bits per heavy atom. The molecular weight excluding hydrogens is 545 g/mol. The SMILES string of the molecule is CCOC(=O)Cc1cc2cc(Oc3ccc(OC(F)(F)F)cc3)ccc2n1-c1ccc(CC)c2[nH]c3ccccc3c12. The number of hydrogen-bond donors (Lipinski definition) is 1. The van der Waals surface area contributed by atoms with E-state index >= 15 is 0 Å². The summed E-state index contributed by atoms with van der Waals surface area (Å²) in [5.74, 6) is 0.180. The maximum absolute atomic E-state index is 12.7. The van der Waals surface area contributed by atoms with Crippen molar-refractivity contribution in [3.63, 3.8) is 0 Å². The number of carbonyl (C=O) groups excluding carboxylic acids is 1. The van der Waals surface area contributed by atoms with Gasteiger partial charge in [0.25, 0.3) is 0 Å². The zero-order valence-corrected chi connectivity index (χ0v) is 22.9. The zero-order chi connectivity index (χ0) is 29.4. The van der Waals surface area contributed by atoms with Gasteiger partial charge in [0, 0.05) is 27.4 Å². The van der Waals surface area contributed by atoms with E-state index in [1.54, 1.807) is 13.0 Å². The molecule has 42 heavy (non-hydrogen) atoms. The van der Waals surface area contributed by atoms with Crippen molar-refractivity contribution in [1.29, 1.82) is 0 Å². The first-order valence-electron chi connectivity index (χ1n) is 13.6. The highest BCUT2D eigenvalue weighted by Gasteiger charge is 2.31. The number of carbonyl (C=O) groups is 1. The third-order valence-electron chi connectivity index (χ3n) is 7.12. The van der Waals surface area contributed by atoms with E-state index < -0.39 is 6.36 Å². The smallest absolute Gasteiger partial charge is 0.466 e. The molecule has 214 valence electrons. The highest BCUT2D eigenvalue weighted by atomic mass is 19.4. The molecule has 6 aromatic rings. The van der Waals surface area contributed by atoms with Gasteiger partial charge < -0.3 is 23.8 Å². The van der Waals surface area contributed by atoms with Gasteiger partial charge in [0.1, 0.15) is 17.2 Å². The Hall–Kier alpha value is -4.92. The van der Waals surface area contributed by atoms with Crippen LogP contribution in [0.5, 0.6) is 17.2 Å². The molecule has 1 N–H and O–H groups in total. The molecule has 0 radical (unpaired) electrons. The summed E-state index contributed by atoms with van der Waals surface area (Å²) in [6.07, 6.45) is -3.84. The Bertz CT molecular complexity index is 1920. The molecule has 2 heterocycles. The number of nitrogens with one attached hydrogen (secondary N) is 1. The second kappa shape index (κ2) is 10.8. The third kappa shape index (κ3) is 5.25. The van der Waals surface area contributed by atoms with Crippen LogP contribution in [0.25, 0.3) is 38.4 Å². The molecule has 6 nitrogen and oxygen atoms in total. The summed E-state index contributed by atoms with van der Waals surface area (Å²) >= 11 is 0. The lowest BCUT2D eigenvalue weighted by atomic mass is 10.0. The van der Waals surface area contributed by atoms with Crippen molar-refractivity contribution >= 4 is 38.7 Å². The summed E-state index contributed by atoms with van der Waals surface area (Å²) < 4.78 is 54.8. The van der Waals surface area contributed by atoms with Crippen molar-refractivity contribution in [2.75, 3.05) is 6.61 Å². The molecule has 0 aliphatic heterocycles. The molecule has 0 saturated heterocycles. The summed E-state index contributed by atoms with van der Waals surface area (Å²) in [5.41, 5.74) is 5.83. The largest absolute Gasteiger partial charge is 0.573 e. The van der Waals surface area contributed by atoms with Crippen LogP contribution >= 0.6 is 0 Å². The van der Waals surface area contributed by atoms with E-state index in [-0.39, 0.29) is 24.7 Å². The molecule has 0 aliphatic rings. The van der Waals surface area contributed by atoms with E-state index in [4.69, 9.17) is 9.47 Å². The number of aromatic nitrogens is 2. The molecule has 0 bridgehead atoms. The number of aromatic amines is 1. The summed E-state index contributed by atoms with van der Waals surface area (Å²) in [7, 11) is 0. The molecule has 4 aromatic carbocycles. The molecule has 0 unspecified atom stereocenters. The third-order valence-corrected chi connectivity index (χ3v) is 7.12.